The van der Waals surface area contributed by atoms with E-state index in [0.717, 1.165) is 16.1 Å². The smallest absolute Gasteiger partial charge is 0.263 e. The lowest BCUT2D eigenvalue weighted by Gasteiger charge is -2.13. The second kappa shape index (κ2) is 6.93. The first-order chi connectivity index (χ1) is 11.5. The zero-order valence-corrected chi connectivity index (χ0v) is 14.2. The molecule has 0 aliphatic heterocycles. The van der Waals surface area contributed by atoms with Crippen LogP contribution in [0.15, 0.2) is 54.6 Å². The van der Waals surface area contributed by atoms with Gasteiger partial charge in [-0.25, -0.2) is 9.37 Å². The molecule has 3 nitrogen and oxygen atoms in total. The number of hydrogen-bond acceptors (Lipinski definition) is 3. The van der Waals surface area contributed by atoms with E-state index in [2.05, 4.69) is 10.3 Å². The summed E-state index contributed by atoms with van der Waals surface area (Å²) in [6, 6.07) is 15.7. The van der Waals surface area contributed by atoms with Gasteiger partial charge in [-0.15, -0.1) is 11.3 Å². The Morgan fingerprint density at radius 1 is 1.12 bits per heavy atom. The highest BCUT2D eigenvalue weighted by Crippen LogP contribution is 2.28. The molecule has 2 aromatic carbocycles. The number of halogens is 1. The molecule has 0 saturated heterocycles. The number of benzene rings is 2. The maximum absolute atomic E-state index is 13.0. The molecule has 1 unspecified atom stereocenters. The maximum atomic E-state index is 13.0. The van der Waals surface area contributed by atoms with Crippen LogP contribution < -0.4 is 5.32 Å². The number of thiazole rings is 1. The highest BCUT2D eigenvalue weighted by Gasteiger charge is 2.18. The van der Waals surface area contributed by atoms with Crippen molar-refractivity contribution in [1.29, 1.82) is 0 Å². The molecule has 1 heterocycles. The summed E-state index contributed by atoms with van der Waals surface area (Å²) in [6.07, 6.45) is 0. The monoisotopic (exact) mass is 340 g/mol. The summed E-state index contributed by atoms with van der Waals surface area (Å²) in [6.45, 7) is 3.71. The number of aryl methyl sites for hydroxylation is 1. The first kappa shape index (κ1) is 16.3. The van der Waals surface area contributed by atoms with Gasteiger partial charge in [0.05, 0.1) is 11.7 Å². The lowest BCUT2D eigenvalue weighted by molar-refractivity contribution is 0.0943. The molecule has 0 spiro atoms. The minimum Gasteiger partial charge on any atom is -0.345 e. The number of rotatable bonds is 4. The topological polar surface area (TPSA) is 42.0 Å². The molecule has 1 N–H and O–H groups in total. The molecule has 1 amide bonds. The summed E-state index contributed by atoms with van der Waals surface area (Å²) in [5.41, 5.74) is 2.56. The Morgan fingerprint density at radius 2 is 1.79 bits per heavy atom. The zero-order valence-electron chi connectivity index (χ0n) is 13.4. The molecule has 0 radical (unpaired) electrons. The predicted molar refractivity (Wildman–Crippen MR) is 94.6 cm³/mol. The molecule has 3 aromatic rings. The van der Waals surface area contributed by atoms with Gasteiger partial charge in [0, 0.05) is 5.56 Å². The van der Waals surface area contributed by atoms with Crippen LogP contribution >= 0.6 is 11.3 Å². The Hall–Kier alpha value is -2.53. The maximum Gasteiger partial charge on any atom is 0.263 e. The van der Waals surface area contributed by atoms with Crippen LogP contribution in [-0.4, -0.2) is 10.9 Å². The Morgan fingerprint density at radius 3 is 2.46 bits per heavy atom. The molecule has 0 aliphatic rings. The molecule has 0 fully saturated rings. The van der Waals surface area contributed by atoms with Gasteiger partial charge in [0.25, 0.3) is 5.91 Å². The Kier molecular flexibility index (Phi) is 4.71. The SMILES string of the molecule is Cc1nc(-c2ccccc2)sc1C(=O)NC(C)c1ccc(F)cc1. The average Bonchev–Trinajstić information content (AvgIpc) is 2.98. The second-order valence-electron chi connectivity index (χ2n) is 5.55. The van der Waals surface area contributed by atoms with Crippen LogP contribution in [0.1, 0.15) is 33.9 Å². The van der Waals surface area contributed by atoms with Crippen molar-refractivity contribution in [2.75, 3.05) is 0 Å². The fraction of sp³-hybridized carbons (Fsp3) is 0.158. The van der Waals surface area contributed by atoms with Crippen molar-refractivity contribution >= 4 is 17.2 Å². The summed E-state index contributed by atoms with van der Waals surface area (Å²) in [4.78, 5) is 17.6. The Labute approximate surface area is 144 Å². The molecule has 122 valence electrons. The Balaban J connectivity index is 1.78. The van der Waals surface area contributed by atoms with E-state index in [9.17, 15) is 9.18 Å². The van der Waals surface area contributed by atoms with Gasteiger partial charge in [0.1, 0.15) is 15.7 Å². The molecule has 0 bridgehead atoms. The quantitative estimate of drug-likeness (QED) is 0.745. The van der Waals surface area contributed by atoms with Crippen molar-refractivity contribution in [2.24, 2.45) is 0 Å². The number of nitrogens with zero attached hydrogens (tertiary/aromatic N) is 1. The number of carbonyl (C=O) groups is 1. The molecule has 0 aliphatic carbocycles. The van der Waals surface area contributed by atoms with Crippen molar-refractivity contribution < 1.29 is 9.18 Å². The zero-order chi connectivity index (χ0) is 17.1. The van der Waals surface area contributed by atoms with E-state index >= 15 is 0 Å². The third-order valence-corrected chi connectivity index (χ3v) is 4.95. The normalized spacial score (nSPS) is 12.0. The van der Waals surface area contributed by atoms with Gasteiger partial charge >= 0.3 is 0 Å². The molecule has 3 rings (SSSR count). The van der Waals surface area contributed by atoms with Gasteiger partial charge in [-0.1, -0.05) is 42.5 Å². The second-order valence-corrected chi connectivity index (χ2v) is 6.55. The molecule has 5 heteroatoms. The van der Waals surface area contributed by atoms with E-state index in [-0.39, 0.29) is 17.8 Å². The van der Waals surface area contributed by atoms with Gasteiger partial charge in [-0.05, 0) is 31.5 Å². The molecular formula is C19H17FN2OS. The van der Waals surface area contributed by atoms with Crippen LogP contribution in [0.5, 0.6) is 0 Å². The summed E-state index contributed by atoms with van der Waals surface area (Å²) in [7, 11) is 0. The van der Waals surface area contributed by atoms with E-state index in [1.165, 1.54) is 23.5 Å². The summed E-state index contributed by atoms with van der Waals surface area (Å²) in [5.74, 6) is -0.452. The summed E-state index contributed by atoms with van der Waals surface area (Å²) < 4.78 is 13.0. The van der Waals surface area contributed by atoms with Crippen LogP contribution in [0.25, 0.3) is 10.6 Å². The predicted octanol–water partition coefficient (Wildman–Crippen LogP) is 4.75. The van der Waals surface area contributed by atoms with Crippen molar-refractivity contribution in [1.82, 2.24) is 10.3 Å². The number of amides is 1. The van der Waals surface area contributed by atoms with Crippen molar-refractivity contribution in [3.05, 3.63) is 76.5 Å². The van der Waals surface area contributed by atoms with E-state index < -0.39 is 0 Å². The van der Waals surface area contributed by atoms with E-state index in [1.54, 1.807) is 12.1 Å². The largest absolute Gasteiger partial charge is 0.345 e. The van der Waals surface area contributed by atoms with Crippen LogP contribution in [0.3, 0.4) is 0 Å². The standard InChI is InChI=1S/C19H17FN2OS/c1-12(14-8-10-16(20)11-9-14)21-18(23)17-13(2)22-19(24-17)15-6-4-3-5-7-15/h3-12H,1-2H3,(H,21,23). The summed E-state index contributed by atoms with van der Waals surface area (Å²) >= 11 is 1.38. The number of nitrogens with one attached hydrogen (secondary N) is 1. The number of carbonyl (C=O) groups excluding carboxylic acids is 1. The highest BCUT2D eigenvalue weighted by molar-refractivity contribution is 7.17. The van der Waals surface area contributed by atoms with Crippen LogP contribution in [0.4, 0.5) is 4.39 Å². The number of hydrogen-bond donors (Lipinski definition) is 1. The van der Waals surface area contributed by atoms with Crippen LogP contribution in [0, 0.1) is 12.7 Å². The highest BCUT2D eigenvalue weighted by atomic mass is 32.1. The van der Waals surface area contributed by atoms with Crippen LogP contribution in [-0.2, 0) is 0 Å². The van der Waals surface area contributed by atoms with E-state index in [1.807, 2.05) is 44.2 Å². The first-order valence-electron chi connectivity index (χ1n) is 7.64. The minimum absolute atomic E-state index is 0.163. The van der Waals surface area contributed by atoms with Gasteiger partial charge in [-0.2, -0.15) is 0 Å². The fourth-order valence-electron chi connectivity index (χ4n) is 2.41. The van der Waals surface area contributed by atoms with Crippen molar-refractivity contribution in [3.63, 3.8) is 0 Å². The molecule has 24 heavy (non-hydrogen) atoms. The van der Waals surface area contributed by atoms with Gasteiger partial charge in [0.2, 0.25) is 0 Å². The molecule has 1 atom stereocenters. The molecule has 1 aromatic heterocycles. The lowest BCUT2D eigenvalue weighted by Crippen LogP contribution is -2.26. The first-order valence-corrected chi connectivity index (χ1v) is 8.45. The minimum atomic E-state index is -0.289. The van der Waals surface area contributed by atoms with Crippen molar-refractivity contribution in [3.8, 4) is 10.6 Å². The fourth-order valence-corrected chi connectivity index (χ4v) is 3.38. The third-order valence-electron chi connectivity index (χ3n) is 3.74. The number of aromatic nitrogens is 1. The van der Waals surface area contributed by atoms with E-state index in [4.69, 9.17) is 0 Å². The van der Waals surface area contributed by atoms with Gasteiger partial charge in [0.15, 0.2) is 0 Å². The lowest BCUT2D eigenvalue weighted by atomic mass is 10.1. The van der Waals surface area contributed by atoms with E-state index in [0.29, 0.717) is 10.6 Å². The molecule has 0 saturated carbocycles. The molecular weight excluding hydrogens is 323 g/mol. The average molecular weight is 340 g/mol. The van der Waals surface area contributed by atoms with Gasteiger partial charge in [-0.3, -0.25) is 4.79 Å². The van der Waals surface area contributed by atoms with Gasteiger partial charge < -0.3 is 5.32 Å². The third kappa shape index (κ3) is 3.51. The summed E-state index contributed by atoms with van der Waals surface area (Å²) in [5, 5.41) is 3.77. The van der Waals surface area contributed by atoms with Crippen LogP contribution in [0.2, 0.25) is 0 Å². The van der Waals surface area contributed by atoms with Crippen molar-refractivity contribution in [2.45, 2.75) is 19.9 Å². The Bertz CT molecular complexity index is 844.